The molecule has 0 atom stereocenters. The lowest BCUT2D eigenvalue weighted by atomic mass is 10.1. The van der Waals surface area contributed by atoms with Crippen LogP contribution in [0.25, 0.3) is 0 Å². The molecule has 5 heteroatoms. The molecule has 0 bridgehead atoms. The van der Waals surface area contributed by atoms with E-state index in [0.717, 1.165) is 6.07 Å². The molecule has 0 aliphatic rings. The van der Waals surface area contributed by atoms with Crippen molar-refractivity contribution < 1.29 is 19.0 Å². The smallest absolute Gasteiger partial charge is 0.325 e. The van der Waals surface area contributed by atoms with Gasteiger partial charge in [0.25, 0.3) is 0 Å². The summed E-state index contributed by atoms with van der Waals surface area (Å²) in [6, 6.07) is 3.75. The first kappa shape index (κ1) is 13.4. The van der Waals surface area contributed by atoms with E-state index in [-0.39, 0.29) is 12.3 Å². The molecule has 94 valence electrons. The molecule has 2 N–H and O–H groups in total. The van der Waals surface area contributed by atoms with Crippen LogP contribution in [0.5, 0.6) is 5.75 Å². The topological polar surface area (TPSA) is 58.6 Å². The minimum absolute atomic E-state index is 0.141. The van der Waals surface area contributed by atoms with E-state index >= 15 is 0 Å². The van der Waals surface area contributed by atoms with E-state index in [2.05, 4.69) is 10.1 Å². The molecule has 0 saturated heterocycles. The molecule has 1 aromatic carbocycles. The fraction of sp³-hybridized carbons (Fsp3) is 0.417. The minimum atomic E-state index is -0.864. The number of carbonyl (C=O) groups excluding carboxylic acids is 1. The Labute approximate surface area is 99.4 Å². The number of hydrogen-bond acceptors (Lipinski definition) is 4. The van der Waals surface area contributed by atoms with Crippen LogP contribution in [0.15, 0.2) is 18.2 Å². The molecular formula is C12H16FNO3. The molecule has 0 radical (unpaired) electrons. The summed E-state index contributed by atoms with van der Waals surface area (Å²) in [4.78, 5) is 11.4. The number of hydrogen-bond donors (Lipinski definition) is 2. The number of nitrogens with one attached hydrogen (secondary N) is 1. The molecule has 0 aliphatic carbocycles. The zero-order chi connectivity index (χ0) is 13.1. The Hall–Kier alpha value is -1.62. The van der Waals surface area contributed by atoms with E-state index < -0.39 is 17.3 Å². The number of phenolic OH excluding ortho intramolecular Hbond substituents is 1. The molecule has 0 aliphatic heterocycles. The Morgan fingerprint density at radius 2 is 2.12 bits per heavy atom. The van der Waals surface area contributed by atoms with Crippen LogP contribution in [0.2, 0.25) is 0 Å². The highest BCUT2D eigenvalue weighted by atomic mass is 19.1. The van der Waals surface area contributed by atoms with Crippen LogP contribution in [0.1, 0.15) is 19.4 Å². The van der Waals surface area contributed by atoms with Crippen LogP contribution in [0.3, 0.4) is 0 Å². The molecule has 1 rings (SSSR count). The van der Waals surface area contributed by atoms with Crippen LogP contribution in [-0.4, -0.2) is 23.7 Å². The maximum atomic E-state index is 13.0. The lowest BCUT2D eigenvalue weighted by Crippen LogP contribution is -2.46. The van der Waals surface area contributed by atoms with Gasteiger partial charge in [-0.3, -0.25) is 10.1 Å². The average molecular weight is 241 g/mol. The first-order valence-corrected chi connectivity index (χ1v) is 5.17. The minimum Gasteiger partial charge on any atom is -0.508 e. The van der Waals surface area contributed by atoms with Crippen molar-refractivity contribution in [3.63, 3.8) is 0 Å². The second-order valence-electron chi connectivity index (χ2n) is 4.29. The van der Waals surface area contributed by atoms with Gasteiger partial charge in [-0.25, -0.2) is 4.39 Å². The Balaban J connectivity index is 2.70. The highest BCUT2D eigenvalue weighted by molar-refractivity contribution is 5.79. The van der Waals surface area contributed by atoms with Crippen LogP contribution >= 0.6 is 0 Å². The van der Waals surface area contributed by atoms with E-state index in [0.29, 0.717) is 5.56 Å². The van der Waals surface area contributed by atoms with Crippen molar-refractivity contribution in [3.8, 4) is 5.75 Å². The van der Waals surface area contributed by atoms with E-state index in [1.165, 1.54) is 19.2 Å². The molecule has 0 unspecified atom stereocenters. The highest BCUT2D eigenvalue weighted by Gasteiger charge is 2.27. The van der Waals surface area contributed by atoms with Crippen molar-refractivity contribution in [1.82, 2.24) is 5.32 Å². The van der Waals surface area contributed by atoms with Crippen molar-refractivity contribution in [2.75, 3.05) is 7.11 Å². The maximum Gasteiger partial charge on any atom is 0.325 e. The van der Waals surface area contributed by atoms with Gasteiger partial charge in [-0.15, -0.1) is 0 Å². The first-order valence-electron chi connectivity index (χ1n) is 5.17. The number of rotatable bonds is 4. The standard InChI is InChI=1S/C12H16FNO3/c1-12(2,11(16)17-3)14-7-8-4-9(13)6-10(15)5-8/h4-6,14-15H,7H2,1-3H3. The molecule has 0 fully saturated rings. The Bertz CT molecular complexity index is 398. The summed E-state index contributed by atoms with van der Waals surface area (Å²) in [5.74, 6) is -1.06. The van der Waals surface area contributed by atoms with Crippen LogP contribution in [0.4, 0.5) is 4.39 Å². The quantitative estimate of drug-likeness (QED) is 0.786. The third-order valence-electron chi connectivity index (χ3n) is 2.37. The molecule has 17 heavy (non-hydrogen) atoms. The van der Waals surface area contributed by atoms with Crippen molar-refractivity contribution in [3.05, 3.63) is 29.6 Å². The van der Waals surface area contributed by atoms with E-state index in [4.69, 9.17) is 0 Å². The lowest BCUT2D eigenvalue weighted by molar-refractivity contribution is -0.147. The van der Waals surface area contributed by atoms with Gasteiger partial charge >= 0.3 is 5.97 Å². The summed E-state index contributed by atoms with van der Waals surface area (Å²) in [7, 11) is 1.31. The second-order valence-corrected chi connectivity index (χ2v) is 4.29. The normalized spacial score (nSPS) is 11.3. The maximum absolute atomic E-state index is 13.0. The van der Waals surface area contributed by atoms with Gasteiger partial charge in [0.15, 0.2) is 0 Å². The molecule has 0 aromatic heterocycles. The Morgan fingerprint density at radius 3 is 2.65 bits per heavy atom. The van der Waals surface area contributed by atoms with Gasteiger partial charge in [-0.05, 0) is 31.5 Å². The summed E-state index contributed by atoms with van der Waals surface area (Å²) in [6.07, 6.45) is 0. The summed E-state index contributed by atoms with van der Waals surface area (Å²) in [5.41, 5.74) is -0.309. The summed E-state index contributed by atoms with van der Waals surface area (Å²) >= 11 is 0. The van der Waals surface area contributed by atoms with Crippen LogP contribution < -0.4 is 5.32 Å². The molecule has 0 spiro atoms. The number of carbonyl (C=O) groups is 1. The van der Waals surface area contributed by atoms with E-state index in [9.17, 15) is 14.3 Å². The van der Waals surface area contributed by atoms with Gasteiger partial charge in [0.05, 0.1) is 7.11 Å². The number of aromatic hydroxyl groups is 1. The third kappa shape index (κ3) is 3.71. The number of ether oxygens (including phenoxy) is 1. The molecule has 0 heterocycles. The van der Waals surface area contributed by atoms with Crippen molar-refractivity contribution in [2.24, 2.45) is 0 Å². The number of benzene rings is 1. The summed E-state index contributed by atoms with van der Waals surface area (Å²) in [6.45, 7) is 3.59. The van der Waals surface area contributed by atoms with Crippen molar-refractivity contribution >= 4 is 5.97 Å². The summed E-state index contributed by atoms with van der Waals surface area (Å²) in [5, 5.41) is 12.1. The summed E-state index contributed by atoms with van der Waals surface area (Å²) < 4.78 is 17.6. The molecule has 0 amide bonds. The largest absolute Gasteiger partial charge is 0.508 e. The molecular weight excluding hydrogens is 225 g/mol. The van der Waals surface area contributed by atoms with Crippen molar-refractivity contribution in [1.29, 1.82) is 0 Å². The highest BCUT2D eigenvalue weighted by Crippen LogP contribution is 2.15. The number of phenols is 1. The number of methoxy groups -OCH3 is 1. The van der Waals surface area contributed by atoms with Gasteiger partial charge in [-0.2, -0.15) is 0 Å². The van der Waals surface area contributed by atoms with Crippen molar-refractivity contribution in [2.45, 2.75) is 25.9 Å². The molecule has 0 saturated carbocycles. The molecule has 4 nitrogen and oxygen atoms in total. The lowest BCUT2D eigenvalue weighted by Gasteiger charge is -2.23. The fourth-order valence-corrected chi connectivity index (χ4v) is 1.39. The SMILES string of the molecule is COC(=O)C(C)(C)NCc1cc(O)cc(F)c1. The average Bonchev–Trinajstić information content (AvgIpc) is 2.24. The second kappa shape index (κ2) is 5.14. The van der Waals surface area contributed by atoms with Gasteiger partial charge in [0.2, 0.25) is 0 Å². The monoisotopic (exact) mass is 241 g/mol. The van der Waals surface area contributed by atoms with Gasteiger partial charge in [0.1, 0.15) is 17.1 Å². The predicted molar refractivity (Wildman–Crippen MR) is 61.0 cm³/mol. The zero-order valence-corrected chi connectivity index (χ0v) is 10.1. The van der Waals surface area contributed by atoms with Gasteiger partial charge in [-0.1, -0.05) is 0 Å². The van der Waals surface area contributed by atoms with Gasteiger partial charge in [0, 0.05) is 12.6 Å². The van der Waals surface area contributed by atoms with Gasteiger partial charge < -0.3 is 9.84 Å². The zero-order valence-electron chi connectivity index (χ0n) is 10.1. The molecule has 1 aromatic rings. The Kier molecular flexibility index (Phi) is 4.07. The Morgan fingerprint density at radius 1 is 1.47 bits per heavy atom. The van der Waals surface area contributed by atoms with Crippen LogP contribution in [0, 0.1) is 5.82 Å². The number of halogens is 1. The number of esters is 1. The first-order chi connectivity index (χ1) is 7.85. The van der Waals surface area contributed by atoms with E-state index in [1.807, 2.05) is 0 Å². The predicted octanol–water partition coefficient (Wildman–Crippen LogP) is 1.57. The fourth-order valence-electron chi connectivity index (χ4n) is 1.39. The van der Waals surface area contributed by atoms with E-state index in [1.54, 1.807) is 13.8 Å². The van der Waals surface area contributed by atoms with Crippen LogP contribution in [-0.2, 0) is 16.1 Å². The third-order valence-corrected chi connectivity index (χ3v) is 2.37.